The van der Waals surface area contributed by atoms with Gasteiger partial charge in [-0.15, -0.1) is 0 Å². The van der Waals surface area contributed by atoms with E-state index in [0.29, 0.717) is 18.3 Å². The highest BCUT2D eigenvalue weighted by atomic mass is 16.5. The summed E-state index contributed by atoms with van der Waals surface area (Å²) in [6.07, 6.45) is 3.98. The van der Waals surface area contributed by atoms with Gasteiger partial charge in [0, 0.05) is 6.07 Å². The Kier molecular flexibility index (Phi) is 3.37. The van der Waals surface area contributed by atoms with Crippen LogP contribution >= 0.6 is 0 Å². The van der Waals surface area contributed by atoms with Crippen LogP contribution in [0.5, 0.6) is 11.5 Å². The van der Waals surface area contributed by atoms with Gasteiger partial charge in [-0.1, -0.05) is 19.8 Å². The second-order valence-corrected chi connectivity index (χ2v) is 4.77. The van der Waals surface area contributed by atoms with Gasteiger partial charge in [-0.2, -0.15) is 0 Å². The summed E-state index contributed by atoms with van der Waals surface area (Å²) in [4.78, 5) is 0. The fraction of sp³-hybridized carbons (Fsp3) is 0.571. The maximum Gasteiger partial charge on any atom is 0.123 e. The van der Waals surface area contributed by atoms with Crippen molar-refractivity contribution in [2.24, 2.45) is 5.92 Å². The van der Waals surface area contributed by atoms with E-state index in [0.717, 1.165) is 11.7 Å². The van der Waals surface area contributed by atoms with Crippen LogP contribution in [0.4, 0.5) is 0 Å². The minimum Gasteiger partial charge on any atom is -0.508 e. The Balaban J connectivity index is 2.11. The lowest BCUT2D eigenvalue weighted by atomic mass is 9.95. The minimum absolute atomic E-state index is 0.309. The summed E-state index contributed by atoms with van der Waals surface area (Å²) in [6, 6.07) is 5.59. The molecule has 0 radical (unpaired) electrons. The molecule has 2 nitrogen and oxygen atoms in total. The molecular weight excluding hydrogens is 200 g/mol. The van der Waals surface area contributed by atoms with Gasteiger partial charge in [0.05, 0.1) is 6.61 Å². The van der Waals surface area contributed by atoms with Crippen molar-refractivity contribution in [3.63, 3.8) is 0 Å². The standard InChI is InChI=1S/C14H20O2/c1-3-16-14-8-12(7-13(15)9-14)10(2)6-11-4-5-11/h7-11,15H,3-6H2,1-2H3. The Bertz CT molecular complexity index is 356. The Labute approximate surface area is 97.3 Å². The molecule has 0 aromatic heterocycles. The zero-order valence-electron chi connectivity index (χ0n) is 10.1. The average molecular weight is 220 g/mol. The van der Waals surface area contributed by atoms with Gasteiger partial charge in [-0.05, 0) is 42.9 Å². The second-order valence-electron chi connectivity index (χ2n) is 4.77. The summed E-state index contributed by atoms with van der Waals surface area (Å²) >= 11 is 0. The first-order chi connectivity index (χ1) is 7.69. The van der Waals surface area contributed by atoms with Gasteiger partial charge in [-0.25, -0.2) is 0 Å². The molecule has 88 valence electrons. The Morgan fingerprint density at radius 1 is 1.38 bits per heavy atom. The van der Waals surface area contributed by atoms with Crippen LogP contribution in [0.25, 0.3) is 0 Å². The van der Waals surface area contributed by atoms with Gasteiger partial charge in [0.25, 0.3) is 0 Å². The SMILES string of the molecule is CCOc1cc(O)cc(C(C)CC2CC2)c1. The monoisotopic (exact) mass is 220 g/mol. The lowest BCUT2D eigenvalue weighted by Crippen LogP contribution is -1.97. The number of hydrogen-bond donors (Lipinski definition) is 1. The second kappa shape index (κ2) is 4.77. The van der Waals surface area contributed by atoms with Crippen LogP contribution in [-0.4, -0.2) is 11.7 Å². The highest BCUT2D eigenvalue weighted by Crippen LogP contribution is 2.39. The van der Waals surface area contributed by atoms with E-state index in [1.165, 1.54) is 24.8 Å². The zero-order chi connectivity index (χ0) is 11.5. The normalized spacial score (nSPS) is 17.1. The number of benzene rings is 1. The highest BCUT2D eigenvalue weighted by molar-refractivity contribution is 5.39. The number of ether oxygens (including phenoxy) is 1. The van der Waals surface area contributed by atoms with Crippen molar-refractivity contribution >= 4 is 0 Å². The summed E-state index contributed by atoms with van der Waals surface area (Å²) in [5, 5.41) is 9.64. The molecule has 0 amide bonds. The van der Waals surface area contributed by atoms with Crippen LogP contribution in [0, 0.1) is 5.92 Å². The third kappa shape index (κ3) is 2.91. The molecule has 1 aliphatic carbocycles. The van der Waals surface area contributed by atoms with E-state index < -0.39 is 0 Å². The molecule has 0 heterocycles. The molecule has 1 N–H and O–H groups in total. The molecule has 1 saturated carbocycles. The quantitative estimate of drug-likeness (QED) is 0.820. The molecule has 1 unspecified atom stereocenters. The fourth-order valence-electron chi connectivity index (χ4n) is 2.13. The van der Waals surface area contributed by atoms with E-state index >= 15 is 0 Å². The van der Waals surface area contributed by atoms with Crippen LogP contribution in [-0.2, 0) is 0 Å². The third-order valence-corrected chi connectivity index (χ3v) is 3.18. The van der Waals surface area contributed by atoms with E-state index in [1.807, 2.05) is 13.0 Å². The van der Waals surface area contributed by atoms with E-state index in [-0.39, 0.29) is 0 Å². The minimum atomic E-state index is 0.309. The maximum atomic E-state index is 9.64. The van der Waals surface area contributed by atoms with Gasteiger partial charge in [0.15, 0.2) is 0 Å². The van der Waals surface area contributed by atoms with Crippen LogP contribution in [0.2, 0.25) is 0 Å². The topological polar surface area (TPSA) is 29.5 Å². The van der Waals surface area contributed by atoms with Crippen molar-refractivity contribution in [3.05, 3.63) is 23.8 Å². The number of phenols is 1. The first-order valence-electron chi connectivity index (χ1n) is 6.15. The number of hydrogen-bond acceptors (Lipinski definition) is 2. The molecule has 2 heteroatoms. The van der Waals surface area contributed by atoms with E-state index in [1.54, 1.807) is 6.07 Å². The van der Waals surface area contributed by atoms with Crippen molar-refractivity contribution < 1.29 is 9.84 Å². The summed E-state index contributed by atoms with van der Waals surface area (Å²) in [7, 11) is 0. The molecule has 0 aliphatic heterocycles. The lowest BCUT2D eigenvalue weighted by molar-refractivity contribution is 0.337. The first-order valence-corrected chi connectivity index (χ1v) is 6.15. The predicted octanol–water partition coefficient (Wildman–Crippen LogP) is 3.69. The number of phenolic OH excluding ortho intramolecular Hbond substituents is 1. The van der Waals surface area contributed by atoms with Crippen molar-refractivity contribution in [2.75, 3.05) is 6.61 Å². The number of rotatable bonds is 5. The van der Waals surface area contributed by atoms with Crippen molar-refractivity contribution in [1.29, 1.82) is 0 Å². The molecule has 16 heavy (non-hydrogen) atoms. The molecule has 1 aromatic rings. The fourth-order valence-corrected chi connectivity index (χ4v) is 2.13. The predicted molar refractivity (Wildman–Crippen MR) is 65.0 cm³/mol. The Morgan fingerprint density at radius 2 is 2.12 bits per heavy atom. The van der Waals surface area contributed by atoms with E-state index in [9.17, 15) is 5.11 Å². The van der Waals surface area contributed by atoms with Crippen LogP contribution in [0.1, 0.15) is 44.6 Å². The number of aromatic hydroxyl groups is 1. The lowest BCUT2D eigenvalue weighted by Gasteiger charge is -2.13. The Hall–Kier alpha value is -1.18. The average Bonchev–Trinajstić information content (AvgIpc) is 3.01. The third-order valence-electron chi connectivity index (χ3n) is 3.18. The van der Waals surface area contributed by atoms with Gasteiger partial charge in [-0.3, -0.25) is 0 Å². The first kappa shape index (κ1) is 11.3. The molecular formula is C14H20O2. The molecule has 0 spiro atoms. The van der Waals surface area contributed by atoms with Crippen LogP contribution in [0.3, 0.4) is 0 Å². The molecule has 1 aromatic carbocycles. The van der Waals surface area contributed by atoms with Gasteiger partial charge >= 0.3 is 0 Å². The van der Waals surface area contributed by atoms with Crippen molar-refractivity contribution in [3.8, 4) is 11.5 Å². The molecule has 0 bridgehead atoms. The summed E-state index contributed by atoms with van der Waals surface area (Å²) < 4.78 is 5.44. The van der Waals surface area contributed by atoms with Gasteiger partial charge < -0.3 is 9.84 Å². The summed E-state index contributed by atoms with van der Waals surface area (Å²) in [5.41, 5.74) is 1.19. The van der Waals surface area contributed by atoms with E-state index in [4.69, 9.17) is 4.74 Å². The molecule has 1 aliphatic rings. The Morgan fingerprint density at radius 3 is 2.75 bits per heavy atom. The van der Waals surface area contributed by atoms with Gasteiger partial charge in [0.2, 0.25) is 0 Å². The summed E-state index contributed by atoms with van der Waals surface area (Å²) in [6.45, 7) is 4.82. The van der Waals surface area contributed by atoms with Crippen LogP contribution < -0.4 is 4.74 Å². The molecule has 2 rings (SSSR count). The molecule has 1 atom stereocenters. The highest BCUT2D eigenvalue weighted by Gasteiger charge is 2.24. The van der Waals surface area contributed by atoms with E-state index in [2.05, 4.69) is 13.0 Å². The van der Waals surface area contributed by atoms with Crippen LogP contribution in [0.15, 0.2) is 18.2 Å². The molecule has 0 saturated heterocycles. The zero-order valence-corrected chi connectivity index (χ0v) is 10.1. The summed E-state index contributed by atoms with van der Waals surface area (Å²) in [5.74, 6) is 2.51. The largest absolute Gasteiger partial charge is 0.508 e. The van der Waals surface area contributed by atoms with Crippen molar-refractivity contribution in [1.82, 2.24) is 0 Å². The molecule has 1 fully saturated rings. The van der Waals surface area contributed by atoms with Crippen molar-refractivity contribution in [2.45, 2.75) is 39.0 Å². The smallest absolute Gasteiger partial charge is 0.123 e. The van der Waals surface area contributed by atoms with Gasteiger partial charge in [0.1, 0.15) is 11.5 Å². The maximum absolute atomic E-state index is 9.64.